The van der Waals surface area contributed by atoms with E-state index in [1.165, 1.54) is 6.42 Å². The summed E-state index contributed by atoms with van der Waals surface area (Å²) in [6.45, 7) is 9.72. The van der Waals surface area contributed by atoms with Gasteiger partial charge in [0.1, 0.15) is 11.4 Å². The van der Waals surface area contributed by atoms with Gasteiger partial charge in [-0.15, -0.1) is 0 Å². The summed E-state index contributed by atoms with van der Waals surface area (Å²) >= 11 is 0. The molecule has 1 heterocycles. The number of hydrogen-bond donors (Lipinski definition) is 1. The van der Waals surface area contributed by atoms with Gasteiger partial charge >= 0.3 is 0 Å². The lowest BCUT2D eigenvalue weighted by Gasteiger charge is -2.05. The molecule has 1 aromatic heterocycles. The molecule has 5 nitrogen and oxygen atoms in total. The molecule has 2 aromatic rings. The largest absolute Gasteiger partial charge is 0.381 e. The topological polar surface area (TPSA) is 52.0 Å². The van der Waals surface area contributed by atoms with Crippen molar-refractivity contribution in [1.82, 2.24) is 20.3 Å². The SMILES string of the molecule is CCCCOCCCNCc1nn(C(C)C)nc1-c1ccccc1. The van der Waals surface area contributed by atoms with E-state index in [9.17, 15) is 0 Å². The summed E-state index contributed by atoms with van der Waals surface area (Å²) in [5.74, 6) is 0. The number of ether oxygens (including phenoxy) is 1. The first kappa shape index (κ1) is 18.6. The van der Waals surface area contributed by atoms with Crippen LogP contribution in [0.1, 0.15) is 51.8 Å². The van der Waals surface area contributed by atoms with Gasteiger partial charge in [0.15, 0.2) is 0 Å². The Bertz CT molecular complexity index is 580. The molecule has 0 saturated heterocycles. The Morgan fingerprint density at radius 3 is 2.54 bits per heavy atom. The van der Waals surface area contributed by atoms with Crippen LogP contribution in [0.25, 0.3) is 11.3 Å². The number of benzene rings is 1. The summed E-state index contributed by atoms with van der Waals surface area (Å²) in [5.41, 5.74) is 3.09. The maximum Gasteiger partial charge on any atom is 0.117 e. The van der Waals surface area contributed by atoms with Gasteiger partial charge in [-0.2, -0.15) is 15.0 Å². The van der Waals surface area contributed by atoms with Gasteiger partial charge in [0, 0.05) is 25.3 Å². The number of nitrogens with one attached hydrogen (secondary N) is 1. The van der Waals surface area contributed by atoms with Crippen LogP contribution in [-0.2, 0) is 11.3 Å². The number of unbranched alkanes of at least 4 members (excludes halogenated alkanes) is 1. The lowest BCUT2D eigenvalue weighted by atomic mass is 10.1. The monoisotopic (exact) mass is 330 g/mol. The summed E-state index contributed by atoms with van der Waals surface area (Å²) in [5, 5.41) is 12.8. The fourth-order valence-corrected chi connectivity index (χ4v) is 2.38. The van der Waals surface area contributed by atoms with E-state index in [0.717, 1.165) is 56.1 Å². The second kappa shape index (κ2) is 10.2. The van der Waals surface area contributed by atoms with Crippen LogP contribution in [0.3, 0.4) is 0 Å². The van der Waals surface area contributed by atoms with Crippen LogP contribution in [0.15, 0.2) is 30.3 Å². The molecule has 132 valence electrons. The van der Waals surface area contributed by atoms with Gasteiger partial charge in [-0.05, 0) is 33.2 Å². The van der Waals surface area contributed by atoms with Crippen LogP contribution in [0.4, 0.5) is 0 Å². The van der Waals surface area contributed by atoms with Gasteiger partial charge in [-0.3, -0.25) is 0 Å². The standard InChI is InChI=1S/C19H30N4O/c1-4-5-13-24-14-9-12-20-15-18-19(17-10-7-6-8-11-17)22-23(21-18)16(2)3/h6-8,10-11,16,20H,4-5,9,12-15H2,1-3H3. The van der Waals surface area contributed by atoms with Crippen molar-refractivity contribution in [1.29, 1.82) is 0 Å². The van der Waals surface area contributed by atoms with Crippen molar-refractivity contribution in [2.45, 2.75) is 52.6 Å². The molecule has 0 aliphatic carbocycles. The Morgan fingerprint density at radius 2 is 1.83 bits per heavy atom. The van der Waals surface area contributed by atoms with Crippen molar-refractivity contribution in [3.63, 3.8) is 0 Å². The Labute approximate surface area is 145 Å². The molecule has 24 heavy (non-hydrogen) atoms. The second-order valence-electron chi connectivity index (χ2n) is 6.27. The van der Waals surface area contributed by atoms with Crippen LogP contribution >= 0.6 is 0 Å². The Kier molecular flexibility index (Phi) is 7.92. The summed E-state index contributed by atoms with van der Waals surface area (Å²) in [7, 11) is 0. The third-order valence-corrected chi connectivity index (χ3v) is 3.78. The van der Waals surface area contributed by atoms with E-state index in [-0.39, 0.29) is 6.04 Å². The van der Waals surface area contributed by atoms with Crippen molar-refractivity contribution < 1.29 is 4.74 Å². The quantitative estimate of drug-likeness (QED) is 0.636. The van der Waals surface area contributed by atoms with Crippen molar-refractivity contribution in [2.24, 2.45) is 0 Å². The van der Waals surface area contributed by atoms with Gasteiger partial charge in [-0.25, -0.2) is 0 Å². The van der Waals surface area contributed by atoms with Gasteiger partial charge in [0.2, 0.25) is 0 Å². The number of rotatable bonds is 11. The van der Waals surface area contributed by atoms with Crippen LogP contribution in [0.5, 0.6) is 0 Å². The predicted octanol–water partition coefficient (Wildman–Crippen LogP) is 3.82. The third kappa shape index (κ3) is 5.73. The highest BCUT2D eigenvalue weighted by molar-refractivity contribution is 5.60. The minimum atomic E-state index is 0.258. The maximum absolute atomic E-state index is 5.58. The summed E-state index contributed by atoms with van der Waals surface area (Å²) in [4.78, 5) is 1.80. The molecule has 0 radical (unpaired) electrons. The molecule has 0 aliphatic rings. The lowest BCUT2D eigenvalue weighted by molar-refractivity contribution is 0.128. The number of nitrogens with zero attached hydrogens (tertiary/aromatic N) is 3. The van der Waals surface area contributed by atoms with Crippen molar-refractivity contribution in [3.05, 3.63) is 36.0 Å². The number of aromatic nitrogens is 3. The normalized spacial score (nSPS) is 11.3. The Hall–Kier alpha value is -1.72. The molecular formula is C19H30N4O. The van der Waals surface area contributed by atoms with Gasteiger partial charge in [0.25, 0.3) is 0 Å². The first-order valence-electron chi connectivity index (χ1n) is 9.02. The van der Waals surface area contributed by atoms with E-state index in [0.29, 0.717) is 0 Å². The smallest absolute Gasteiger partial charge is 0.117 e. The maximum atomic E-state index is 5.58. The minimum Gasteiger partial charge on any atom is -0.381 e. The van der Waals surface area contributed by atoms with Crippen LogP contribution in [0, 0.1) is 0 Å². The van der Waals surface area contributed by atoms with E-state index >= 15 is 0 Å². The van der Waals surface area contributed by atoms with E-state index in [1.54, 1.807) is 4.80 Å². The molecule has 0 unspecified atom stereocenters. The van der Waals surface area contributed by atoms with Gasteiger partial charge in [-0.1, -0.05) is 43.7 Å². The fraction of sp³-hybridized carbons (Fsp3) is 0.579. The molecule has 0 aliphatic heterocycles. The Balaban J connectivity index is 1.87. The second-order valence-corrected chi connectivity index (χ2v) is 6.27. The van der Waals surface area contributed by atoms with E-state index in [1.807, 2.05) is 18.2 Å². The van der Waals surface area contributed by atoms with Crippen molar-refractivity contribution >= 4 is 0 Å². The van der Waals surface area contributed by atoms with E-state index < -0.39 is 0 Å². The van der Waals surface area contributed by atoms with Crippen molar-refractivity contribution in [3.8, 4) is 11.3 Å². The molecule has 0 fully saturated rings. The highest BCUT2D eigenvalue weighted by atomic mass is 16.5. The average molecular weight is 330 g/mol. The summed E-state index contributed by atoms with van der Waals surface area (Å²) in [6, 6.07) is 10.5. The Morgan fingerprint density at radius 1 is 1.08 bits per heavy atom. The van der Waals surface area contributed by atoms with Gasteiger partial charge < -0.3 is 10.1 Å². The lowest BCUT2D eigenvalue weighted by Crippen LogP contribution is -2.17. The molecule has 1 N–H and O–H groups in total. The molecular weight excluding hydrogens is 300 g/mol. The van der Waals surface area contributed by atoms with E-state index in [4.69, 9.17) is 4.74 Å². The molecule has 1 aromatic carbocycles. The first-order chi connectivity index (χ1) is 11.7. The molecule has 0 saturated carbocycles. The van der Waals surface area contributed by atoms with Crippen LogP contribution in [0.2, 0.25) is 0 Å². The first-order valence-corrected chi connectivity index (χ1v) is 9.02. The van der Waals surface area contributed by atoms with Crippen LogP contribution < -0.4 is 5.32 Å². The molecule has 0 spiro atoms. The molecule has 0 atom stereocenters. The number of hydrogen-bond acceptors (Lipinski definition) is 4. The minimum absolute atomic E-state index is 0.258. The zero-order valence-corrected chi connectivity index (χ0v) is 15.2. The van der Waals surface area contributed by atoms with Gasteiger partial charge in [0.05, 0.1) is 6.04 Å². The highest BCUT2D eigenvalue weighted by Gasteiger charge is 2.14. The highest BCUT2D eigenvalue weighted by Crippen LogP contribution is 2.21. The van der Waals surface area contributed by atoms with E-state index in [2.05, 4.69) is 48.4 Å². The molecule has 5 heteroatoms. The average Bonchev–Trinajstić information content (AvgIpc) is 3.02. The molecule has 0 bridgehead atoms. The zero-order chi connectivity index (χ0) is 17.2. The molecule has 0 amide bonds. The van der Waals surface area contributed by atoms with Crippen LogP contribution in [-0.4, -0.2) is 34.8 Å². The third-order valence-electron chi connectivity index (χ3n) is 3.78. The molecule has 2 rings (SSSR count). The van der Waals surface area contributed by atoms with Crippen molar-refractivity contribution in [2.75, 3.05) is 19.8 Å². The zero-order valence-electron chi connectivity index (χ0n) is 15.2. The summed E-state index contributed by atoms with van der Waals surface area (Å²) < 4.78 is 5.58. The summed E-state index contributed by atoms with van der Waals surface area (Å²) in [6.07, 6.45) is 3.35. The fourth-order valence-electron chi connectivity index (χ4n) is 2.38. The predicted molar refractivity (Wildman–Crippen MR) is 97.9 cm³/mol.